The molecule has 18 heavy (non-hydrogen) atoms. The molecule has 2 N–H and O–H groups in total. The molecule has 0 aliphatic heterocycles. The predicted octanol–water partition coefficient (Wildman–Crippen LogP) is 2.54. The van der Waals surface area contributed by atoms with Crippen molar-refractivity contribution in [3.8, 4) is 0 Å². The van der Waals surface area contributed by atoms with Gasteiger partial charge in [0.05, 0.1) is 5.56 Å². The van der Waals surface area contributed by atoms with Crippen molar-refractivity contribution in [2.75, 3.05) is 0 Å². The maximum absolute atomic E-state index is 13.0. The minimum atomic E-state index is -4.76. The van der Waals surface area contributed by atoms with E-state index in [0.717, 1.165) is 24.3 Å². The molecule has 0 aromatic heterocycles. The highest BCUT2D eigenvalue weighted by Gasteiger charge is 2.62. The summed E-state index contributed by atoms with van der Waals surface area (Å²) in [7, 11) is 0. The van der Waals surface area contributed by atoms with Crippen molar-refractivity contribution >= 4 is 5.97 Å². The van der Waals surface area contributed by atoms with Crippen LogP contribution in [0.2, 0.25) is 0 Å². The van der Waals surface area contributed by atoms with Gasteiger partial charge in [-0.3, -0.25) is 0 Å². The Labute approximate surface area is 101 Å². The van der Waals surface area contributed by atoms with Gasteiger partial charge >= 0.3 is 12.1 Å². The molecule has 1 aromatic rings. The molecule has 1 atom stereocenters. The Balaban J connectivity index is 2.41. The van der Waals surface area contributed by atoms with Gasteiger partial charge in [0, 0.05) is 5.92 Å². The Bertz CT molecular complexity index is 462. The quantitative estimate of drug-likeness (QED) is 0.878. The third-order valence-corrected chi connectivity index (χ3v) is 3.17. The molecule has 0 spiro atoms. The summed E-state index contributed by atoms with van der Waals surface area (Å²) in [4.78, 5) is 10.6. The van der Waals surface area contributed by atoms with Gasteiger partial charge in [0.25, 0.3) is 0 Å². The molecule has 3 nitrogen and oxygen atoms in total. The van der Waals surface area contributed by atoms with E-state index >= 15 is 0 Å². The number of carbonyl (C=O) groups is 1. The largest absolute Gasteiger partial charge is 0.478 e. The van der Waals surface area contributed by atoms with Gasteiger partial charge in [-0.15, -0.1) is 0 Å². The fourth-order valence-corrected chi connectivity index (χ4v) is 2.00. The molecule has 1 aromatic carbocycles. The molecule has 98 valence electrons. The minimum absolute atomic E-state index is 0.112. The zero-order valence-corrected chi connectivity index (χ0v) is 9.24. The number of rotatable bonds is 3. The molecule has 0 amide bonds. The summed E-state index contributed by atoms with van der Waals surface area (Å²) < 4.78 is 38.9. The maximum Gasteiger partial charge on any atom is 0.421 e. The van der Waals surface area contributed by atoms with Crippen molar-refractivity contribution in [2.45, 2.75) is 24.6 Å². The van der Waals surface area contributed by atoms with Crippen LogP contribution in [-0.4, -0.2) is 22.4 Å². The molecular weight excluding hydrogens is 249 g/mol. The monoisotopic (exact) mass is 260 g/mol. The Morgan fingerprint density at radius 2 is 1.67 bits per heavy atom. The van der Waals surface area contributed by atoms with Crippen LogP contribution in [0.1, 0.15) is 28.8 Å². The van der Waals surface area contributed by atoms with Crippen LogP contribution in [-0.2, 0) is 5.60 Å². The standard InChI is InChI=1S/C12H11F3O3/c13-12(14,15)11(18,9-5-6-9)8-3-1-7(2-4-8)10(16)17/h1-4,9,18H,5-6H2,(H,16,17). The lowest BCUT2D eigenvalue weighted by molar-refractivity contribution is -0.275. The van der Waals surface area contributed by atoms with Crippen molar-refractivity contribution in [3.63, 3.8) is 0 Å². The van der Waals surface area contributed by atoms with E-state index in [9.17, 15) is 23.1 Å². The van der Waals surface area contributed by atoms with E-state index in [-0.39, 0.29) is 11.1 Å². The first-order valence-corrected chi connectivity index (χ1v) is 5.39. The number of carboxylic acids is 1. The predicted molar refractivity (Wildman–Crippen MR) is 56.1 cm³/mol. The van der Waals surface area contributed by atoms with Crippen LogP contribution in [0.15, 0.2) is 24.3 Å². The van der Waals surface area contributed by atoms with Crippen molar-refractivity contribution in [2.24, 2.45) is 5.92 Å². The summed E-state index contributed by atoms with van der Waals surface area (Å²) in [6, 6.07) is 4.18. The highest BCUT2D eigenvalue weighted by molar-refractivity contribution is 5.87. The van der Waals surface area contributed by atoms with Crippen LogP contribution in [0.25, 0.3) is 0 Å². The fourth-order valence-electron chi connectivity index (χ4n) is 2.00. The number of benzene rings is 1. The molecule has 1 saturated carbocycles. The van der Waals surface area contributed by atoms with Gasteiger partial charge in [0.15, 0.2) is 5.60 Å². The third kappa shape index (κ3) is 1.96. The molecule has 0 radical (unpaired) electrons. The van der Waals surface area contributed by atoms with Crippen molar-refractivity contribution in [1.82, 2.24) is 0 Å². The van der Waals surface area contributed by atoms with Gasteiger partial charge in [-0.25, -0.2) is 4.79 Å². The van der Waals surface area contributed by atoms with Crippen LogP contribution in [0, 0.1) is 5.92 Å². The summed E-state index contributed by atoms with van der Waals surface area (Å²) in [5.74, 6) is -2.06. The normalized spacial score (nSPS) is 19.3. The topological polar surface area (TPSA) is 57.5 Å². The van der Waals surface area contributed by atoms with E-state index in [2.05, 4.69) is 0 Å². The second-order valence-corrected chi connectivity index (χ2v) is 4.42. The van der Waals surface area contributed by atoms with Crippen LogP contribution in [0.4, 0.5) is 13.2 Å². The van der Waals surface area contributed by atoms with Gasteiger partial charge < -0.3 is 10.2 Å². The van der Waals surface area contributed by atoms with Crippen molar-refractivity contribution in [1.29, 1.82) is 0 Å². The van der Waals surface area contributed by atoms with Gasteiger partial charge in [-0.05, 0) is 30.5 Å². The number of hydrogen-bond donors (Lipinski definition) is 2. The van der Waals surface area contributed by atoms with Gasteiger partial charge in [0.2, 0.25) is 0 Å². The molecule has 0 bridgehead atoms. The summed E-state index contributed by atoms with van der Waals surface area (Å²) in [5, 5.41) is 18.6. The molecule has 2 rings (SSSR count). The zero-order valence-electron chi connectivity index (χ0n) is 9.24. The van der Waals surface area contributed by atoms with Gasteiger partial charge in [-0.2, -0.15) is 13.2 Å². The van der Waals surface area contributed by atoms with Crippen LogP contribution in [0.3, 0.4) is 0 Å². The molecule has 0 heterocycles. The molecular formula is C12H11F3O3. The molecule has 1 aliphatic carbocycles. The van der Waals surface area contributed by atoms with Gasteiger partial charge in [-0.1, -0.05) is 12.1 Å². The first-order valence-electron chi connectivity index (χ1n) is 5.39. The van der Waals surface area contributed by atoms with Crippen LogP contribution < -0.4 is 0 Å². The third-order valence-electron chi connectivity index (χ3n) is 3.17. The van der Waals surface area contributed by atoms with Crippen LogP contribution >= 0.6 is 0 Å². The number of halogens is 3. The number of alkyl halides is 3. The molecule has 1 aliphatic rings. The first-order chi connectivity index (χ1) is 8.26. The van der Waals surface area contributed by atoms with Gasteiger partial charge in [0.1, 0.15) is 0 Å². The minimum Gasteiger partial charge on any atom is -0.478 e. The first kappa shape index (κ1) is 12.9. The lowest BCUT2D eigenvalue weighted by Crippen LogP contribution is -2.44. The second-order valence-electron chi connectivity index (χ2n) is 4.42. The molecule has 6 heteroatoms. The number of hydrogen-bond acceptors (Lipinski definition) is 2. The van der Waals surface area contributed by atoms with Crippen molar-refractivity contribution < 1.29 is 28.2 Å². The van der Waals surface area contributed by atoms with E-state index in [1.807, 2.05) is 0 Å². The van der Waals surface area contributed by atoms with E-state index in [0.29, 0.717) is 12.8 Å². The average molecular weight is 260 g/mol. The van der Waals surface area contributed by atoms with E-state index in [1.54, 1.807) is 0 Å². The number of carboxylic acid groups (broad SMARTS) is 1. The lowest BCUT2D eigenvalue weighted by Gasteiger charge is -2.31. The fraction of sp³-hybridized carbons (Fsp3) is 0.417. The average Bonchev–Trinajstić information content (AvgIpc) is 3.10. The zero-order chi connectivity index (χ0) is 13.6. The van der Waals surface area contributed by atoms with E-state index in [1.165, 1.54) is 0 Å². The molecule has 1 fully saturated rings. The summed E-state index contributed by atoms with van der Waals surface area (Å²) >= 11 is 0. The summed E-state index contributed by atoms with van der Waals surface area (Å²) in [6.07, 6.45) is -4.13. The Hall–Kier alpha value is -1.56. The number of aliphatic hydroxyl groups is 1. The SMILES string of the molecule is O=C(O)c1ccc(C(O)(C2CC2)C(F)(F)F)cc1. The van der Waals surface area contributed by atoms with Crippen LogP contribution in [0.5, 0.6) is 0 Å². The van der Waals surface area contributed by atoms with Crippen molar-refractivity contribution in [3.05, 3.63) is 35.4 Å². The summed E-state index contributed by atoms with van der Waals surface area (Å²) in [5.41, 5.74) is -3.29. The molecule has 0 saturated heterocycles. The van der Waals surface area contributed by atoms with E-state index < -0.39 is 23.7 Å². The van der Waals surface area contributed by atoms with E-state index in [4.69, 9.17) is 5.11 Å². The Morgan fingerprint density at radius 3 is 2.00 bits per heavy atom. The number of aromatic carboxylic acids is 1. The maximum atomic E-state index is 13.0. The molecule has 1 unspecified atom stereocenters. The smallest absolute Gasteiger partial charge is 0.421 e. The Morgan fingerprint density at radius 1 is 1.17 bits per heavy atom. The lowest BCUT2D eigenvalue weighted by atomic mass is 9.87. The second kappa shape index (κ2) is 3.98. The summed E-state index contributed by atoms with van der Waals surface area (Å²) in [6.45, 7) is 0. The highest BCUT2D eigenvalue weighted by atomic mass is 19.4. The highest BCUT2D eigenvalue weighted by Crippen LogP contribution is 2.54. The Kier molecular flexibility index (Phi) is 2.85.